The number of aromatic nitrogens is 2. The van der Waals surface area contributed by atoms with E-state index < -0.39 is 15.1 Å². The Labute approximate surface area is 143 Å². The van der Waals surface area contributed by atoms with Crippen molar-refractivity contribution in [1.82, 2.24) is 14.7 Å². The van der Waals surface area contributed by atoms with Crippen LogP contribution in [0.5, 0.6) is 0 Å². The lowest BCUT2D eigenvalue weighted by atomic mass is 10.2. The van der Waals surface area contributed by atoms with Crippen LogP contribution in [-0.2, 0) is 21.2 Å². The fraction of sp³-hybridized carbons (Fsp3) is 0.400. The van der Waals surface area contributed by atoms with Crippen molar-refractivity contribution >= 4 is 27.1 Å². The molecule has 1 saturated heterocycles. The van der Waals surface area contributed by atoms with Gasteiger partial charge in [-0.05, 0) is 23.9 Å². The van der Waals surface area contributed by atoms with Crippen LogP contribution in [-0.4, -0.2) is 47.8 Å². The van der Waals surface area contributed by atoms with E-state index in [0.29, 0.717) is 13.0 Å². The van der Waals surface area contributed by atoms with Crippen LogP contribution in [0.15, 0.2) is 40.6 Å². The molecule has 3 heterocycles. The highest BCUT2D eigenvalue weighted by atomic mass is 32.2. The minimum absolute atomic E-state index is 0.0710. The third-order valence-corrected chi connectivity index (χ3v) is 7.27. The molecule has 1 aliphatic heterocycles. The number of rotatable bonds is 3. The smallest absolute Gasteiger partial charge is 0.267 e. The second-order valence-corrected chi connectivity index (χ2v) is 8.84. The number of thiophene rings is 1. The minimum atomic E-state index is -3.30. The van der Waals surface area contributed by atoms with Gasteiger partial charge < -0.3 is 4.90 Å². The van der Waals surface area contributed by atoms with Crippen LogP contribution in [0.25, 0.3) is 0 Å². The molecule has 0 spiro atoms. The lowest BCUT2D eigenvalue weighted by Gasteiger charge is -2.20. The summed E-state index contributed by atoms with van der Waals surface area (Å²) >= 11 is 1.42. The lowest BCUT2D eigenvalue weighted by molar-refractivity contribution is -0.131. The topological polar surface area (TPSA) is 89.3 Å². The van der Waals surface area contributed by atoms with E-state index in [2.05, 4.69) is 5.10 Å². The van der Waals surface area contributed by atoms with Crippen molar-refractivity contribution in [1.29, 1.82) is 0 Å². The first kappa shape index (κ1) is 16.8. The monoisotopic (exact) mass is 367 g/mol. The number of nitrogens with zero attached hydrogens (tertiary/aromatic N) is 3. The predicted molar refractivity (Wildman–Crippen MR) is 90.5 cm³/mol. The van der Waals surface area contributed by atoms with Crippen LogP contribution < -0.4 is 5.56 Å². The summed E-state index contributed by atoms with van der Waals surface area (Å²) < 4.78 is 26.0. The van der Waals surface area contributed by atoms with Gasteiger partial charge in [-0.15, -0.1) is 11.3 Å². The zero-order chi connectivity index (χ0) is 17.2. The Kier molecular flexibility index (Phi) is 4.81. The molecular formula is C15H17N3O4S2. The van der Waals surface area contributed by atoms with Gasteiger partial charge in [0.1, 0.15) is 6.54 Å². The van der Waals surface area contributed by atoms with Crippen molar-refractivity contribution < 1.29 is 13.2 Å². The summed E-state index contributed by atoms with van der Waals surface area (Å²) in [5.74, 6) is -0.365. The molecule has 1 amide bonds. The zero-order valence-corrected chi connectivity index (χ0v) is 14.5. The summed E-state index contributed by atoms with van der Waals surface area (Å²) in [6, 6.07) is 6.49. The maximum absolute atomic E-state index is 12.5. The van der Waals surface area contributed by atoms with Crippen LogP contribution in [0.3, 0.4) is 0 Å². The Morgan fingerprint density at radius 1 is 1.29 bits per heavy atom. The van der Waals surface area contributed by atoms with E-state index >= 15 is 0 Å². The standard InChI is InChI=1S/C15H17N3O4S2/c19-14-4-1-6-16-18(14)11-15(20)17-7-5-13(12-3-2-9-23-12)24(21,22)10-8-17/h1-4,6,9,13H,5,7-8,10-11H2. The molecule has 1 atom stereocenters. The van der Waals surface area contributed by atoms with Gasteiger partial charge in [-0.3, -0.25) is 9.59 Å². The summed E-state index contributed by atoms with van der Waals surface area (Å²) in [7, 11) is -3.30. The van der Waals surface area contributed by atoms with Gasteiger partial charge in [0.2, 0.25) is 5.91 Å². The molecule has 3 rings (SSSR count). The first-order valence-corrected chi connectivity index (χ1v) is 10.1. The van der Waals surface area contributed by atoms with Crippen molar-refractivity contribution in [2.45, 2.75) is 18.2 Å². The molecule has 0 saturated carbocycles. The second kappa shape index (κ2) is 6.86. The van der Waals surface area contributed by atoms with E-state index in [-0.39, 0.29) is 30.3 Å². The summed E-state index contributed by atoms with van der Waals surface area (Å²) in [6.45, 7) is 0.316. The Hall–Kier alpha value is -2.00. The Morgan fingerprint density at radius 2 is 2.12 bits per heavy atom. The van der Waals surface area contributed by atoms with Gasteiger partial charge in [0, 0.05) is 30.2 Å². The number of sulfone groups is 1. The van der Waals surface area contributed by atoms with E-state index in [0.717, 1.165) is 9.56 Å². The fourth-order valence-corrected chi connectivity index (χ4v) is 5.73. The maximum Gasteiger partial charge on any atom is 0.267 e. The third kappa shape index (κ3) is 3.57. The molecule has 0 aromatic carbocycles. The van der Waals surface area contributed by atoms with Gasteiger partial charge in [-0.25, -0.2) is 13.1 Å². The number of amides is 1. The molecule has 7 nitrogen and oxygen atoms in total. The molecule has 1 fully saturated rings. The summed E-state index contributed by atoms with van der Waals surface area (Å²) in [6.07, 6.45) is 1.81. The SMILES string of the molecule is O=C(Cn1ncccc1=O)N1CCC(c2cccs2)S(=O)(=O)CC1. The number of carbonyl (C=O) groups is 1. The number of hydrogen-bond acceptors (Lipinski definition) is 6. The maximum atomic E-state index is 12.5. The average Bonchev–Trinajstić information content (AvgIpc) is 3.01. The number of hydrogen-bond donors (Lipinski definition) is 0. The summed E-state index contributed by atoms with van der Waals surface area (Å²) in [5, 5.41) is 5.15. The van der Waals surface area contributed by atoms with E-state index in [9.17, 15) is 18.0 Å². The van der Waals surface area contributed by atoms with Crippen molar-refractivity contribution in [3.8, 4) is 0 Å². The van der Waals surface area contributed by atoms with Crippen LogP contribution in [0.4, 0.5) is 0 Å². The van der Waals surface area contributed by atoms with Crippen molar-refractivity contribution in [2.24, 2.45) is 0 Å². The molecule has 0 bridgehead atoms. The average molecular weight is 367 g/mol. The molecule has 1 unspecified atom stereocenters. The van der Waals surface area contributed by atoms with Gasteiger partial charge >= 0.3 is 0 Å². The van der Waals surface area contributed by atoms with Crippen molar-refractivity contribution in [2.75, 3.05) is 18.8 Å². The molecule has 2 aromatic heterocycles. The minimum Gasteiger partial charge on any atom is -0.340 e. The molecule has 0 radical (unpaired) electrons. The van der Waals surface area contributed by atoms with E-state index in [4.69, 9.17) is 0 Å². The molecule has 128 valence electrons. The predicted octanol–water partition coefficient (Wildman–Crippen LogP) is 0.693. The molecule has 1 aliphatic rings. The van der Waals surface area contributed by atoms with Crippen LogP contribution in [0.2, 0.25) is 0 Å². The van der Waals surface area contributed by atoms with Crippen LogP contribution in [0.1, 0.15) is 16.5 Å². The first-order valence-electron chi connectivity index (χ1n) is 7.52. The summed E-state index contributed by atoms with van der Waals surface area (Å²) in [5.41, 5.74) is -0.357. The molecule has 9 heteroatoms. The van der Waals surface area contributed by atoms with Crippen LogP contribution in [0, 0.1) is 0 Å². The summed E-state index contributed by atoms with van der Waals surface area (Å²) in [4.78, 5) is 26.4. The van der Waals surface area contributed by atoms with Gasteiger partial charge in [-0.1, -0.05) is 6.07 Å². The first-order chi connectivity index (χ1) is 11.5. The second-order valence-electron chi connectivity index (χ2n) is 5.56. The zero-order valence-electron chi connectivity index (χ0n) is 12.9. The Balaban J connectivity index is 1.74. The normalized spacial score (nSPS) is 20.5. The van der Waals surface area contributed by atoms with Gasteiger partial charge in [0.25, 0.3) is 5.56 Å². The highest BCUT2D eigenvalue weighted by Crippen LogP contribution is 2.32. The van der Waals surface area contributed by atoms with Crippen LogP contribution >= 0.6 is 11.3 Å². The molecule has 24 heavy (non-hydrogen) atoms. The quantitative estimate of drug-likeness (QED) is 0.796. The molecule has 0 aliphatic carbocycles. The molecular weight excluding hydrogens is 350 g/mol. The lowest BCUT2D eigenvalue weighted by Crippen LogP contribution is -2.38. The van der Waals surface area contributed by atoms with E-state index in [1.807, 2.05) is 17.5 Å². The van der Waals surface area contributed by atoms with Gasteiger partial charge in [0.05, 0.1) is 11.0 Å². The third-order valence-electron chi connectivity index (χ3n) is 4.02. The molecule has 2 aromatic rings. The highest BCUT2D eigenvalue weighted by molar-refractivity contribution is 7.91. The van der Waals surface area contributed by atoms with E-state index in [1.54, 1.807) is 0 Å². The Morgan fingerprint density at radius 3 is 2.83 bits per heavy atom. The van der Waals surface area contributed by atoms with Gasteiger partial charge in [-0.2, -0.15) is 5.10 Å². The van der Waals surface area contributed by atoms with Gasteiger partial charge in [0.15, 0.2) is 9.84 Å². The van der Waals surface area contributed by atoms with E-state index in [1.165, 1.54) is 34.6 Å². The fourth-order valence-electron chi connectivity index (χ4n) is 2.72. The Bertz CT molecular complexity index is 874. The molecule has 0 N–H and O–H groups in total. The largest absolute Gasteiger partial charge is 0.340 e. The highest BCUT2D eigenvalue weighted by Gasteiger charge is 2.33. The number of carbonyl (C=O) groups excluding carboxylic acids is 1. The van der Waals surface area contributed by atoms with Crippen molar-refractivity contribution in [3.63, 3.8) is 0 Å². The van der Waals surface area contributed by atoms with Crippen molar-refractivity contribution in [3.05, 3.63) is 51.1 Å².